The summed E-state index contributed by atoms with van der Waals surface area (Å²) in [5, 5.41) is 6.67. The Morgan fingerprint density at radius 2 is 2.08 bits per heavy atom. The number of likely N-dealkylation sites (tertiary alicyclic amines) is 1. The van der Waals surface area contributed by atoms with E-state index in [1.54, 1.807) is 25.2 Å². The van der Waals surface area contributed by atoms with Gasteiger partial charge in [-0.1, -0.05) is 23.7 Å². The Balaban J connectivity index is 0.00000243. The molecule has 0 bridgehead atoms. The lowest BCUT2D eigenvalue weighted by Gasteiger charge is -2.25. The van der Waals surface area contributed by atoms with E-state index < -0.39 is 0 Å². The van der Waals surface area contributed by atoms with Gasteiger partial charge < -0.3 is 20.3 Å². The molecule has 2 saturated heterocycles. The summed E-state index contributed by atoms with van der Waals surface area (Å²) in [6, 6.07) is 7.05. The molecule has 2 aliphatic rings. The number of carbonyl (C=O) groups excluding carboxylic acids is 1. The second kappa shape index (κ2) is 9.75. The van der Waals surface area contributed by atoms with Crippen LogP contribution in [0, 0.1) is 5.41 Å². The van der Waals surface area contributed by atoms with Gasteiger partial charge in [-0.3, -0.25) is 9.79 Å². The molecule has 1 atom stereocenters. The molecule has 8 heteroatoms. The van der Waals surface area contributed by atoms with Crippen molar-refractivity contribution in [2.24, 2.45) is 10.4 Å². The minimum Gasteiger partial charge on any atom is -0.381 e. The van der Waals surface area contributed by atoms with Crippen LogP contribution in [-0.4, -0.2) is 63.2 Å². The second-order valence-electron chi connectivity index (χ2n) is 6.68. The number of nitrogens with zero attached hydrogens (tertiary/aromatic N) is 2. The molecule has 144 valence electrons. The summed E-state index contributed by atoms with van der Waals surface area (Å²) in [6.07, 6.45) is 2.28. The molecule has 6 nitrogen and oxygen atoms in total. The predicted molar refractivity (Wildman–Crippen MR) is 115 cm³/mol. The third kappa shape index (κ3) is 5.01. The van der Waals surface area contributed by atoms with E-state index >= 15 is 0 Å². The summed E-state index contributed by atoms with van der Waals surface area (Å²) in [5.41, 5.74) is 0.798. The Morgan fingerprint density at radius 1 is 1.31 bits per heavy atom. The van der Waals surface area contributed by atoms with Gasteiger partial charge in [-0.25, -0.2) is 0 Å². The fourth-order valence-electron chi connectivity index (χ4n) is 3.51. The Labute approximate surface area is 176 Å². The number of hydrogen-bond acceptors (Lipinski definition) is 3. The molecule has 1 unspecified atom stereocenters. The van der Waals surface area contributed by atoms with Gasteiger partial charge in [-0.15, -0.1) is 24.0 Å². The Morgan fingerprint density at radius 3 is 2.77 bits per heavy atom. The van der Waals surface area contributed by atoms with Gasteiger partial charge in [0.15, 0.2) is 5.96 Å². The van der Waals surface area contributed by atoms with E-state index in [0.717, 1.165) is 45.1 Å². The van der Waals surface area contributed by atoms with Crippen LogP contribution in [0.3, 0.4) is 0 Å². The Bertz CT molecular complexity index is 650. The molecule has 0 aliphatic carbocycles. The van der Waals surface area contributed by atoms with E-state index in [2.05, 4.69) is 20.5 Å². The Kier molecular flexibility index (Phi) is 7.97. The van der Waals surface area contributed by atoms with Gasteiger partial charge in [-0.2, -0.15) is 0 Å². The average Bonchev–Trinajstić information content (AvgIpc) is 3.25. The number of benzene rings is 1. The van der Waals surface area contributed by atoms with Crippen LogP contribution < -0.4 is 10.6 Å². The highest BCUT2D eigenvalue weighted by molar-refractivity contribution is 14.0. The van der Waals surface area contributed by atoms with Crippen molar-refractivity contribution in [2.75, 3.05) is 46.4 Å². The van der Waals surface area contributed by atoms with Gasteiger partial charge in [0.1, 0.15) is 0 Å². The summed E-state index contributed by atoms with van der Waals surface area (Å²) >= 11 is 6.04. The number of halogens is 2. The van der Waals surface area contributed by atoms with Crippen LogP contribution >= 0.6 is 35.6 Å². The molecule has 1 aromatic rings. The first-order valence-electron chi connectivity index (χ1n) is 8.70. The molecule has 0 saturated carbocycles. The van der Waals surface area contributed by atoms with Crippen molar-refractivity contribution in [1.29, 1.82) is 0 Å². The second-order valence-corrected chi connectivity index (χ2v) is 7.09. The molecule has 0 aromatic heterocycles. The number of carbonyl (C=O) groups is 1. The van der Waals surface area contributed by atoms with E-state index in [9.17, 15) is 4.79 Å². The molecular formula is C18H26ClIN4O2. The average molecular weight is 493 g/mol. The zero-order chi connectivity index (χ0) is 17.7. The normalized spacial score (nSPS) is 22.4. The number of aliphatic imine (C=N–C) groups is 1. The Hall–Kier alpha value is -1.06. The van der Waals surface area contributed by atoms with Crippen molar-refractivity contribution in [2.45, 2.75) is 12.8 Å². The van der Waals surface area contributed by atoms with Crippen LogP contribution in [0.25, 0.3) is 0 Å². The van der Waals surface area contributed by atoms with Gasteiger partial charge >= 0.3 is 0 Å². The molecule has 1 aromatic carbocycles. The van der Waals surface area contributed by atoms with Crippen molar-refractivity contribution < 1.29 is 9.53 Å². The fraction of sp³-hybridized carbons (Fsp3) is 0.556. The minimum absolute atomic E-state index is 0. The van der Waals surface area contributed by atoms with Crippen LogP contribution in [0.1, 0.15) is 23.2 Å². The standard InChI is InChI=1S/C18H25ClN4O2.HI/c1-20-17(23-10-6-18(12-23)7-11-25-13-18)22-9-8-21-16(24)14-4-2-3-5-15(14)19;/h2-5H,6-13H2,1H3,(H,20,22)(H,21,24);1H. The molecule has 2 aliphatic heterocycles. The molecule has 2 heterocycles. The summed E-state index contributed by atoms with van der Waals surface area (Å²) in [4.78, 5) is 18.8. The van der Waals surface area contributed by atoms with E-state index in [1.165, 1.54) is 0 Å². The van der Waals surface area contributed by atoms with Crippen molar-refractivity contribution in [1.82, 2.24) is 15.5 Å². The van der Waals surface area contributed by atoms with E-state index in [1.807, 2.05) is 6.07 Å². The first kappa shape index (κ1) is 21.2. The number of guanidine groups is 1. The number of amides is 1. The zero-order valence-electron chi connectivity index (χ0n) is 15.0. The first-order chi connectivity index (χ1) is 12.1. The van der Waals surface area contributed by atoms with Gasteiger partial charge in [-0.05, 0) is 25.0 Å². The maximum atomic E-state index is 12.1. The lowest BCUT2D eigenvalue weighted by molar-refractivity contribution is 0.0954. The summed E-state index contributed by atoms with van der Waals surface area (Å²) < 4.78 is 5.58. The number of rotatable bonds is 4. The lowest BCUT2D eigenvalue weighted by atomic mass is 9.87. The minimum atomic E-state index is -0.161. The molecule has 2 N–H and O–H groups in total. The third-order valence-corrected chi connectivity index (χ3v) is 5.28. The third-order valence-electron chi connectivity index (χ3n) is 4.95. The highest BCUT2D eigenvalue weighted by atomic mass is 127. The number of hydrogen-bond donors (Lipinski definition) is 2. The number of nitrogens with one attached hydrogen (secondary N) is 2. The summed E-state index contributed by atoms with van der Waals surface area (Å²) in [5.74, 6) is 0.724. The van der Waals surface area contributed by atoms with Gasteiger partial charge in [0.2, 0.25) is 0 Å². The van der Waals surface area contributed by atoms with Crippen LogP contribution in [0.15, 0.2) is 29.3 Å². The summed E-state index contributed by atoms with van der Waals surface area (Å²) in [7, 11) is 1.79. The van der Waals surface area contributed by atoms with E-state index in [4.69, 9.17) is 16.3 Å². The summed E-state index contributed by atoms with van der Waals surface area (Å²) in [6.45, 7) is 4.82. The van der Waals surface area contributed by atoms with Gasteiger partial charge in [0, 0.05) is 45.2 Å². The predicted octanol–water partition coefficient (Wildman–Crippen LogP) is 2.38. The van der Waals surface area contributed by atoms with Crippen molar-refractivity contribution in [3.05, 3.63) is 34.9 Å². The van der Waals surface area contributed by atoms with Gasteiger partial charge in [0.05, 0.1) is 17.2 Å². The SMILES string of the molecule is CN=C(NCCNC(=O)c1ccccc1Cl)N1CCC2(CCOC2)C1.I. The van der Waals surface area contributed by atoms with Crippen LogP contribution in [-0.2, 0) is 4.74 Å². The monoisotopic (exact) mass is 492 g/mol. The topological polar surface area (TPSA) is 66.0 Å². The van der Waals surface area contributed by atoms with Crippen LogP contribution in [0.5, 0.6) is 0 Å². The lowest BCUT2D eigenvalue weighted by Crippen LogP contribution is -2.44. The van der Waals surface area contributed by atoms with Crippen molar-refractivity contribution in [3.63, 3.8) is 0 Å². The van der Waals surface area contributed by atoms with Crippen LogP contribution in [0.2, 0.25) is 5.02 Å². The molecule has 26 heavy (non-hydrogen) atoms. The maximum Gasteiger partial charge on any atom is 0.252 e. The first-order valence-corrected chi connectivity index (χ1v) is 9.07. The zero-order valence-corrected chi connectivity index (χ0v) is 18.0. The van der Waals surface area contributed by atoms with Crippen LogP contribution in [0.4, 0.5) is 0 Å². The molecule has 3 rings (SSSR count). The molecule has 2 fully saturated rings. The maximum absolute atomic E-state index is 12.1. The highest BCUT2D eigenvalue weighted by Crippen LogP contribution is 2.38. The van der Waals surface area contributed by atoms with Crippen molar-refractivity contribution in [3.8, 4) is 0 Å². The van der Waals surface area contributed by atoms with Crippen molar-refractivity contribution >= 4 is 47.4 Å². The fourth-order valence-corrected chi connectivity index (χ4v) is 3.73. The highest BCUT2D eigenvalue weighted by Gasteiger charge is 2.42. The number of ether oxygens (including phenoxy) is 1. The quantitative estimate of drug-likeness (QED) is 0.293. The van der Waals surface area contributed by atoms with E-state index in [0.29, 0.717) is 29.1 Å². The van der Waals surface area contributed by atoms with E-state index in [-0.39, 0.29) is 29.9 Å². The van der Waals surface area contributed by atoms with Gasteiger partial charge in [0.25, 0.3) is 5.91 Å². The molecular weight excluding hydrogens is 467 g/mol. The largest absolute Gasteiger partial charge is 0.381 e. The molecule has 1 amide bonds. The smallest absolute Gasteiger partial charge is 0.252 e. The molecule has 0 radical (unpaired) electrons. The molecule has 1 spiro atoms.